The fourth-order valence-electron chi connectivity index (χ4n) is 0.665. The van der Waals surface area contributed by atoms with Crippen molar-refractivity contribution < 1.29 is 18.0 Å². The van der Waals surface area contributed by atoms with E-state index in [9.17, 15) is 18.0 Å². The molecular weight excluding hydrogens is 219 g/mol. The lowest BCUT2D eigenvalue weighted by atomic mass is 10.4. The fraction of sp³-hybridized carbons (Fsp3) is 0.500. The molecule has 8 heteroatoms. The first-order valence-electron chi connectivity index (χ1n) is 3.60. The molecule has 1 N–H and O–H groups in total. The molecule has 0 aliphatic rings. The van der Waals surface area contributed by atoms with Gasteiger partial charge in [0.1, 0.15) is 5.51 Å². The van der Waals surface area contributed by atoms with Crippen molar-refractivity contribution in [1.29, 1.82) is 0 Å². The summed E-state index contributed by atoms with van der Waals surface area (Å²) in [5.41, 5.74) is 1.33. The van der Waals surface area contributed by atoms with Crippen molar-refractivity contribution in [3.8, 4) is 0 Å². The van der Waals surface area contributed by atoms with Crippen molar-refractivity contribution in [2.75, 3.05) is 6.54 Å². The normalized spacial score (nSPS) is 11.4. The largest absolute Gasteiger partial charge is 0.390 e. The fourth-order valence-corrected chi connectivity index (χ4v) is 1.13. The summed E-state index contributed by atoms with van der Waals surface area (Å²) >= 11 is 0.973. The number of hydrogen-bond acceptors (Lipinski definition) is 4. The molecule has 78 valence electrons. The minimum absolute atomic E-state index is 0.0622. The Labute approximate surface area is 81.1 Å². The first-order valence-corrected chi connectivity index (χ1v) is 4.48. The minimum atomic E-state index is -4.26. The van der Waals surface area contributed by atoms with Crippen LogP contribution in [0.1, 0.15) is 16.2 Å². The van der Waals surface area contributed by atoms with E-state index in [4.69, 9.17) is 0 Å². The number of nitrogens with zero attached hydrogens (tertiary/aromatic N) is 2. The third-order valence-corrected chi connectivity index (χ3v) is 1.94. The Bertz CT molecular complexity index is 298. The molecule has 0 saturated heterocycles. The van der Waals surface area contributed by atoms with Gasteiger partial charge in [-0.25, -0.2) is 0 Å². The second-order valence-corrected chi connectivity index (χ2v) is 3.20. The summed E-state index contributed by atoms with van der Waals surface area (Å²) < 4.78 is 35.0. The summed E-state index contributed by atoms with van der Waals surface area (Å²) in [7, 11) is 0. The van der Waals surface area contributed by atoms with E-state index in [1.165, 1.54) is 5.51 Å². The smallest absolute Gasteiger partial charge is 0.350 e. The summed E-state index contributed by atoms with van der Waals surface area (Å²) in [6.45, 7) is -0.443. The summed E-state index contributed by atoms with van der Waals surface area (Å²) in [6, 6.07) is 0. The van der Waals surface area contributed by atoms with Crippen LogP contribution in [0.3, 0.4) is 0 Å². The molecule has 4 nitrogen and oxygen atoms in total. The van der Waals surface area contributed by atoms with Gasteiger partial charge in [-0.1, -0.05) is 11.3 Å². The van der Waals surface area contributed by atoms with E-state index in [0.717, 1.165) is 11.3 Å². The minimum Gasteiger partial charge on any atom is -0.350 e. The zero-order valence-corrected chi connectivity index (χ0v) is 7.65. The summed E-state index contributed by atoms with van der Waals surface area (Å²) in [5.74, 6) is -0.628. The van der Waals surface area contributed by atoms with Crippen LogP contribution in [0.25, 0.3) is 0 Å². The van der Waals surface area contributed by atoms with Crippen molar-refractivity contribution in [1.82, 2.24) is 15.5 Å². The molecule has 0 radical (unpaired) electrons. The van der Waals surface area contributed by atoms with E-state index in [2.05, 4.69) is 15.5 Å². The van der Waals surface area contributed by atoms with Gasteiger partial charge in [0.2, 0.25) is 5.01 Å². The number of carbonyl (C=O) groups excluding carboxylic acids is 1. The Hall–Kier alpha value is -1.18. The van der Waals surface area contributed by atoms with Crippen molar-refractivity contribution >= 4 is 17.2 Å². The van der Waals surface area contributed by atoms with Crippen LogP contribution in [0.4, 0.5) is 13.2 Å². The van der Waals surface area contributed by atoms with E-state index in [0.29, 0.717) is 0 Å². The van der Waals surface area contributed by atoms with Crippen molar-refractivity contribution in [2.45, 2.75) is 12.6 Å². The van der Waals surface area contributed by atoms with Gasteiger partial charge in [0, 0.05) is 6.54 Å². The zero-order valence-electron chi connectivity index (χ0n) is 6.84. The third-order valence-electron chi connectivity index (χ3n) is 1.25. The summed E-state index contributed by atoms with van der Waals surface area (Å²) in [4.78, 5) is 11.0. The maximum Gasteiger partial charge on any atom is 0.390 e. The molecule has 0 aliphatic carbocycles. The second kappa shape index (κ2) is 4.36. The molecule has 1 rings (SSSR count). The van der Waals surface area contributed by atoms with Gasteiger partial charge in [-0.3, -0.25) is 4.79 Å². The first kappa shape index (κ1) is 10.9. The number of carbonyl (C=O) groups is 1. The van der Waals surface area contributed by atoms with Gasteiger partial charge in [-0.05, 0) is 0 Å². The molecule has 14 heavy (non-hydrogen) atoms. The Morgan fingerprint density at radius 3 is 2.79 bits per heavy atom. The van der Waals surface area contributed by atoms with Crippen LogP contribution >= 0.6 is 11.3 Å². The van der Waals surface area contributed by atoms with E-state index >= 15 is 0 Å². The van der Waals surface area contributed by atoms with Gasteiger partial charge in [0.05, 0.1) is 6.42 Å². The molecule has 0 unspecified atom stereocenters. The summed E-state index contributed by atoms with van der Waals surface area (Å²) in [6.07, 6.45) is -5.30. The molecule has 1 aromatic rings. The highest BCUT2D eigenvalue weighted by atomic mass is 32.1. The van der Waals surface area contributed by atoms with Crippen LogP contribution in [0.5, 0.6) is 0 Å². The zero-order chi connectivity index (χ0) is 10.6. The predicted octanol–water partition coefficient (Wildman–Crippen LogP) is 1.22. The average molecular weight is 225 g/mol. The quantitative estimate of drug-likeness (QED) is 0.841. The van der Waals surface area contributed by atoms with Gasteiger partial charge in [0.25, 0.3) is 5.91 Å². The van der Waals surface area contributed by atoms with E-state index < -0.39 is 25.0 Å². The van der Waals surface area contributed by atoms with Crippen molar-refractivity contribution in [2.24, 2.45) is 0 Å². The van der Waals surface area contributed by atoms with Crippen molar-refractivity contribution in [3.05, 3.63) is 10.5 Å². The van der Waals surface area contributed by atoms with Crippen molar-refractivity contribution in [3.63, 3.8) is 0 Å². The average Bonchev–Trinajstić information content (AvgIpc) is 2.53. The maximum absolute atomic E-state index is 11.7. The van der Waals surface area contributed by atoms with Crippen LogP contribution in [-0.2, 0) is 0 Å². The van der Waals surface area contributed by atoms with E-state index in [1.54, 1.807) is 0 Å². The molecule has 0 saturated carbocycles. The van der Waals surface area contributed by atoms with E-state index in [-0.39, 0.29) is 5.01 Å². The molecule has 0 spiro atoms. The third kappa shape index (κ3) is 3.69. The molecule has 0 aromatic carbocycles. The van der Waals surface area contributed by atoms with Crippen LogP contribution < -0.4 is 5.32 Å². The second-order valence-electron chi connectivity index (χ2n) is 2.36. The van der Waals surface area contributed by atoms with Gasteiger partial charge in [-0.15, -0.1) is 10.2 Å². The SMILES string of the molecule is O=C(NCCC(F)(F)F)c1nncs1. The van der Waals surface area contributed by atoms with Gasteiger partial charge < -0.3 is 5.32 Å². The highest BCUT2D eigenvalue weighted by Gasteiger charge is 2.26. The number of hydrogen-bond donors (Lipinski definition) is 1. The molecule has 0 aliphatic heterocycles. The van der Waals surface area contributed by atoms with Gasteiger partial charge >= 0.3 is 6.18 Å². The van der Waals surface area contributed by atoms with Crippen LogP contribution in [0, 0.1) is 0 Å². The summed E-state index contributed by atoms with van der Waals surface area (Å²) in [5, 5.41) is 8.94. The Balaban J connectivity index is 2.30. The Morgan fingerprint density at radius 1 is 1.57 bits per heavy atom. The Kier molecular flexibility index (Phi) is 3.39. The number of halogens is 3. The van der Waals surface area contributed by atoms with Crippen LogP contribution in [-0.4, -0.2) is 28.8 Å². The highest BCUT2D eigenvalue weighted by Crippen LogP contribution is 2.18. The molecule has 0 fully saturated rings. The lowest BCUT2D eigenvalue weighted by Crippen LogP contribution is -2.27. The standard InChI is InChI=1S/C6H6F3N3OS/c7-6(8,9)1-2-10-4(13)5-12-11-3-14-5/h3H,1-2H2,(H,10,13). The van der Waals surface area contributed by atoms with Gasteiger partial charge in [-0.2, -0.15) is 13.2 Å². The maximum atomic E-state index is 11.7. The molecule has 0 atom stereocenters. The van der Waals surface area contributed by atoms with Crippen LogP contribution in [0.2, 0.25) is 0 Å². The molecule has 1 heterocycles. The molecule has 1 aromatic heterocycles. The predicted molar refractivity (Wildman–Crippen MR) is 42.9 cm³/mol. The monoisotopic (exact) mass is 225 g/mol. The lowest BCUT2D eigenvalue weighted by Gasteiger charge is -2.05. The molecular formula is C6H6F3N3OS. The highest BCUT2D eigenvalue weighted by molar-refractivity contribution is 7.11. The van der Waals surface area contributed by atoms with E-state index in [1.807, 2.05) is 0 Å². The molecule has 0 bridgehead atoms. The van der Waals surface area contributed by atoms with Crippen LogP contribution in [0.15, 0.2) is 5.51 Å². The number of amides is 1. The first-order chi connectivity index (χ1) is 6.49. The number of alkyl halides is 3. The molecule has 1 amide bonds. The lowest BCUT2D eigenvalue weighted by molar-refractivity contribution is -0.132. The van der Waals surface area contributed by atoms with Gasteiger partial charge in [0.15, 0.2) is 0 Å². The number of nitrogens with one attached hydrogen (secondary N) is 1. The number of rotatable bonds is 3. The topological polar surface area (TPSA) is 54.9 Å². The number of aromatic nitrogens is 2. The Morgan fingerprint density at radius 2 is 2.29 bits per heavy atom.